The van der Waals surface area contributed by atoms with Crippen LogP contribution in [0, 0.1) is 17.0 Å². The molecule has 1 aromatic carbocycles. The number of nitro benzene ring substituents is 1. The Hall–Kier alpha value is -2.11. The average molecular weight is 235 g/mol. The molecule has 0 aromatic heterocycles. The topological polar surface area (TPSA) is 76.8 Å². The molecular weight excluding hydrogens is 222 g/mol. The lowest BCUT2D eigenvalue weighted by atomic mass is 10.2. The number of amidine groups is 1. The molecule has 1 aliphatic rings. The van der Waals surface area contributed by atoms with E-state index in [-0.39, 0.29) is 5.69 Å². The van der Waals surface area contributed by atoms with Crippen molar-refractivity contribution in [2.45, 2.75) is 6.92 Å². The molecule has 0 aliphatic carbocycles. The van der Waals surface area contributed by atoms with E-state index in [0.29, 0.717) is 17.9 Å². The molecule has 1 aliphatic heterocycles. The summed E-state index contributed by atoms with van der Waals surface area (Å²) in [6.07, 6.45) is 0. The van der Waals surface area contributed by atoms with Crippen LogP contribution in [0.1, 0.15) is 5.56 Å². The second-order valence-corrected chi connectivity index (χ2v) is 3.70. The van der Waals surface area contributed by atoms with Gasteiger partial charge in [-0.3, -0.25) is 15.1 Å². The molecule has 0 radical (unpaired) electrons. The van der Waals surface area contributed by atoms with Crippen LogP contribution >= 0.6 is 0 Å². The van der Waals surface area contributed by atoms with Crippen molar-refractivity contribution >= 4 is 11.5 Å². The normalized spacial score (nSPS) is 14.1. The second-order valence-electron chi connectivity index (χ2n) is 3.70. The van der Waals surface area contributed by atoms with Gasteiger partial charge in [0.1, 0.15) is 18.2 Å². The zero-order valence-electron chi connectivity index (χ0n) is 9.47. The van der Waals surface area contributed by atoms with Crippen LogP contribution in [0.4, 0.5) is 5.69 Å². The van der Waals surface area contributed by atoms with E-state index in [1.165, 1.54) is 6.07 Å². The highest BCUT2D eigenvalue weighted by atomic mass is 16.6. The minimum atomic E-state index is -0.409. The van der Waals surface area contributed by atoms with E-state index in [0.717, 1.165) is 18.9 Å². The first-order chi connectivity index (χ1) is 8.18. The Bertz CT molecular complexity index is 471. The van der Waals surface area contributed by atoms with E-state index in [1.807, 2.05) is 0 Å². The number of benzene rings is 1. The van der Waals surface area contributed by atoms with Crippen molar-refractivity contribution in [1.29, 1.82) is 0 Å². The predicted molar refractivity (Wildman–Crippen MR) is 63.6 cm³/mol. The molecule has 0 saturated heterocycles. The summed E-state index contributed by atoms with van der Waals surface area (Å²) in [5.74, 6) is 1.31. The van der Waals surface area contributed by atoms with Gasteiger partial charge < -0.3 is 10.1 Å². The summed E-state index contributed by atoms with van der Waals surface area (Å²) >= 11 is 0. The van der Waals surface area contributed by atoms with Crippen molar-refractivity contribution in [1.82, 2.24) is 5.32 Å². The standard InChI is InChI=1S/C11H13N3O3/c1-8-9(14(15)16)3-2-4-10(8)17-7-11-12-5-6-13-11/h2-4H,5-7H2,1H3,(H,12,13). The Kier molecular flexibility index (Phi) is 3.22. The summed E-state index contributed by atoms with van der Waals surface area (Å²) in [7, 11) is 0. The Labute approximate surface area is 98.5 Å². The second kappa shape index (κ2) is 4.82. The van der Waals surface area contributed by atoms with Gasteiger partial charge >= 0.3 is 0 Å². The van der Waals surface area contributed by atoms with Gasteiger partial charge in [0.25, 0.3) is 5.69 Å². The molecule has 0 saturated carbocycles. The van der Waals surface area contributed by atoms with Crippen LogP contribution in [-0.2, 0) is 0 Å². The molecule has 17 heavy (non-hydrogen) atoms. The summed E-state index contributed by atoms with van der Waals surface area (Å²) in [4.78, 5) is 14.5. The van der Waals surface area contributed by atoms with E-state index in [4.69, 9.17) is 4.74 Å². The van der Waals surface area contributed by atoms with Crippen LogP contribution in [0.25, 0.3) is 0 Å². The number of nitro groups is 1. The van der Waals surface area contributed by atoms with Gasteiger partial charge in [0.05, 0.1) is 17.0 Å². The van der Waals surface area contributed by atoms with Crippen molar-refractivity contribution in [3.63, 3.8) is 0 Å². The molecule has 1 N–H and O–H groups in total. The van der Waals surface area contributed by atoms with Crippen LogP contribution < -0.4 is 10.1 Å². The molecule has 0 atom stereocenters. The SMILES string of the molecule is Cc1c(OCC2=NCCN2)cccc1[N+](=O)[O-]. The zero-order valence-corrected chi connectivity index (χ0v) is 9.47. The Balaban J connectivity index is 2.10. The maximum absolute atomic E-state index is 10.7. The van der Waals surface area contributed by atoms with Gasteiger partial charge in [0.15, 0.2) is 0 Å². The molecule has 0 unspecified atom stereocenters. The van der Waals surface area contributed by atoms with Gasteiger partial charge in [-0.25, -0.2) is 0 Å². The van der Waals surface area contributed by atoms with E-state index >= 15 is 0 Å². The van der Waals surface area contributed by atoms with Crippen molar-refractivity contribution < 1.29 is 9.66 Å². The van der Waals surface area contributed by atoms with Crippen LogP contribution in [0.15, 0.2) is 23.2 Å². The summed E-state index contributed by atoms with van der Waals surface area (Å²) in [5, 5.41) is 13.8. The monoisotopic (exact) mass is 235 g/mol. The zero-order chi connectivity index (χ0) is 12.3. The summed E-state index contributed by atoms with van der Waals surface area (Å²) in [6, 6.07) is 4.80. The number of nitrogens with one attached hydrogen (secondary N) is 1. The summed E-state index contributed by atoms with van der Waals surface area (Å²) < 4.78 is 5.51. The number of nitrogens with zero attached hydrogens (tertiary/aromatic N) is 2. The van der Waals surface area contributed by atoms with E-state index in [2.05, 4.69) is 10.3 Å². The maximum Gasteiger partial charge on any atom is 0.276 e. The number of aliphatic imine (C=N–C) groups is 1. The van der Waals surface area contributed by atoms with Gasteiger partial charge in [-0.2, -0.15) is 0 Å². The molecule has 0 bridgehead atoms. The van der Waals surface area contributed by atoms with Gasteiger partial charge in [0, 0.05) is 12.6 Å². The first kappa shape index (κ1) is 11.4. The number of hydrogen-bond acceptors (Lipinski definition) is 5. The molecular formula is C11H13N3O3. The summed E-state index contributed by atoms with van der Waals surface area (Å²) in [5.41, 5.74) is 0.611. The Morgan fingerprint density at radius 2 is 2.41 bits per heavy atom. The lowest BCUT2D eigenvalue weighted by Gasteiger charge is -2.09. The molecule has 1 aromatic rings. The first-order valence-electron chi connectivity index (χ1n) is 5.32. The van der Waals surface area contributed by atoms with Crippen LogP contribution in [-0.4, -0.2) is 30.5 Å². The number of rotatable bonds is 4. The number of hydrogen-bond donors (Lipinski definition) is 1. The van der Waals surface area contributed by atoms with E-state index < -0.39 is 4.92 Å². The Morgan fingerprint density at radius 1 is 1.59 bits per heavy atom. The van der Waals surface area contributed by atoms with E-state index in [9.17, 15) is 10.1 Å². The van der Waals surface area contributed by atoms with Crippen molar-refractivity contribution in [3.8, 4) is 5.75 Å². The maximum atomic E-state index is 10.7. The molecule has 2 rings (SSSR count). The van der Waals surface area contributed by atoms with Crippen molar-refractivity contribution in [2.24, 2.45) is 4.99 Å². The van der Waals surface area contributed by atoms with Gasteiger partial charge in [-0.05, 0) is 13.0 Å². The third-order valence-electron chi connectivity index (χ3n) is 2.56. The van der Waals surface area contributed by atoms with Crippen LogP contribution in [0.2, 0.25) is 0 Å². The fourth-order valence-corrected chi connectivity index (χ4v) is 1.65. The van der Waals surface area contributed by atoms with Crippen molar-refractivity contribution in [3.05, 3.63) is 33.9 Å². The largest absolute Gasteiger partial charge is 0.485 e. The minimum absolute atomic E-state index is 0.0730. The fraction of sp³-hybridized carbons (Fsp3) is 0.364. The van der Waals surface area contributed by atoms with Gasteiger partial charge in [-0.15, -0.1) is 0 Å². The molecule has 0 fully saturated rings. The first-order valence-corrected chi connectivity index (χ1v) is 5.32. The Morgan fingerprint density at radius 3 is 3.06 bits per heavy atom. The minimum Gasteiger partial charge on any atom is -0.485 e. The van der Waals surface area contributed by atoms with Crippen LogP contribution in [0.3, 0.4) is 0 Å². The van der Waals surface area contributed by atoms with E-state index in [1.54, 1.807) is 19.1 Å². The summed E-state index contributed by atoms with van der Waals surface area (Å²) in [6.45, 7) is 3.58. The fourth-order valence-electron chi connectivity index (χ4n) is 1.65. The number of ether oxygens (including phenoxy) is 1. The molecule has 1 heterocycles. The van der Waals surface area contributed by atoms with Gasteiger partial charge in [0.2, 0.25) is 0 Å². The molecule has 0 spiro atoms. The highest BCUT2D eigenvalue weighted by Gasteiger charge is 2.15. The molecule has 90 valence electrons. The average Bonchev–Trinajstić information content (AvgIpc) is 2.80. The lowest BCUT2D eigenvalue weighted by Crippen LogP contribution is -2.25. The third-order valence-corrected chi connectivity index (χ3v) is 2.56. The molecule has 0 amide bonds. The van der Waals surface area contributed by atoms with Crippen LogP contribution in [0.5, 0.6) is 5.75 Å². The highest BCUT2D eigenvalue weighted by molar-refractivity contribution is 5.85. The predicted octanol–water partition coefficient (Wildman–Crippen LogP) is 1.28. The smallest absolute Gasteiger partial charge is 0.276 e. The highest BCUT2D eigenvalue weighted by Crippen LogP contribution is 2.26. The lowest BCUT2D eigenvalue weighted by molar-refractivity contribution is -0.385. The molecule has 6 nitrogen and oxygen atoms in total. The van der Waals surface area contributed by atoms with Gasteiger partial charge in [-0.1, -0.05) is 6.07 Å². The third kappa shape index (κ3) is 2.52. The quantitative estimate of drug-likeness (QED) is 0.630. The molecule has 6 heteroatoms. The van der Waals surface area contributed by atoms with Crippen molar-refractivity contribution in [2.75, 3.05) is 19.7 Å².